The number of hydrogen-bond acceptors (Lipinski definition) is 11. The number of benzene rings is 2. The Morgan fingerprint density at radius 2 is 1.73 bits per heavy atom. The van der Waals surface area contributed by atoms with Crippen molar-refractivity contribution in [3.63, 3.8) is 0 Å². The van der Waals surface area contributed by atoms with E-state index in [9.17, 15) is 50.8 Å². The molecule has 11 atom stereocenters. The monoisotopic (exact) mass is 835 g/mol. The molecule has 2 aromatic rings. The Balaban J connectivity index is 1.88. The van der Waals surface area contributed by atoms with Crippen LogP contribution in [-0.4, -0.2) is 119 Å². The molecule has 0 aliphatic carbocycles. The lowest BCUT2D eigenvalue weighted by Gasteiger charge is -2.39. The largest absolute Gasteiger partial charge is 0.508 e. The van der Waals surface area contributed by atoms with Crippen LogP contribution in [0.5, 0.6) is 5.75 Å². The van der Waals surface area contributed by atoms with Gasteiger partial charge in [-0.15, -0.1) is 0 Å². The average Bonchev–Trinajstić information content (AvgIpc) is 3.37. The molecule has 4 rings (SSSR count). The van der Waals surface area contributed by atoms with Crippen LogP contribution in [0.4, 0.5) is 0 Å². The number of rotatable bonds is 19. The van der Waals surface area contributed by atoms with Crippen LogP contribution in [0.25, 0.3) is 0 Å². The Kier molecular flexibility index (Phi) is 19.7. The van der Waals surface area contributed by atoms with Crippen LogP contribution >= 0.6 is 0 Å². The van der Waals surface area contributed by atoms with Gasteiger partial charge in [0.2, 0.25) is 0 Å². The molecule has 0 spiro atoms. The van der Waals surface area contributed by atoms with E-state index in [2.05, 4.69) is 22.5 Å². The van der Waals surface area contributed by atoms with Gasteiger partial charge in [-0.3, -0.25) is 4.79 Å². The third-order valence-corrected chi connectivity index (χ3v) is 12.4. The molecule has 1 fully saturated rings. The van der Waals surface area contributed by atoms with Crippen LogP contribution in [0.3, 0.4) is 0 Å². The summed E-state index contributed by atoms with van der Waals surface area (Å²) >= 11 is 0. The molecule has 0 amide bonds. The van der Waals surface area contributed by atoms with Gasteiger partial charge in [-0.2, -0.15) is 0 Å². The summed E-state index contributed by atoms with van der Waals surface area (Å²) in [5, 5.41) is 105. The molecular formula is C48H70N2O10. The molecule has 2 aromatic carbocycles. The number of nitrogens with one attached hydrogen (secondary N) is 2. The van der Waals surface area contributed by atoms with Crippen molar-refractivity contribution < 1.29 is 50.8 Å². The minimum atomic E-state index is -1.43. The zero-order chi connectivity index (χ0) is 43.8. The van der Waals surface area contributed by atoms with Crippen LogP contribution in [0, 0.1) is 23.7 Å². The molecule has 1 saturated heterocycles. The van der Waals surface area contributed by atoms with Crippen molar-refractivity contribution in [3.05, 3.63) is 88.5 Å². The number of allylic oxidation sites excluding steroid dienone is 2. The fraction of sp³-hybridized carbons (Fsp3) is 0.604. The Morgan fingerprint density at radius 1 is 1.00 bits per heavy atom. The van der Waals surface area contributed by atoms with E-state index in [1.165, 1.54) is 0 Å². The van der Waals surface area contributed by atoms with E-state index >= 15 is 0 Å². The first-order valence-electron chi connectivity index (χ1n) is 21.8. The number of aryl methyl sites for hydroxylation is 1. The summed E-state index contributed by atoms with van der Waals surface area (Å²) in [4.78, 5) is 12.1. The van der Waals surface area contributed by atoms with Gasteiger partial charge in [-0.1, -0.05) is 74.1 Å². The second-order valence-electron chi connectivity index (χ2n) is 17.3. The Bertz CT molecular complexity index is 1750. The number of hydrogen-bond donors (Lipinski definition) is 11. The van der Waals surface area contributed by atoms with Gasteiger partial charge in [0.1, 0.15) is 5.75 Å². The number of aliphatic hydroxyl groups is 7. The highest BCUT2D eigenvalue weighted by molar-refractivity contribution is 5.67. The van der Waals surface area contributed by atoms with Crippen LogP contribution in [0.15, 0.2) is 71.8 Å². The van der Waals surface area contributed by atoms with Crippen molar-refractivity contribution in [1.29, 1.82) is 0 Å². The quantitative estimate of drug-likeness (QED) is 0.0908. The number of aromatic hydroxyl groups is 1. The highest BCUT2D eigenvalue weighted by Gasteiger charge is 2.40. The minimum absolute atomic E-state index is 0.00546. The summed E-state index contributed by atoms with van der Waals surface area (Å²) in [5.41, 5.74) is 2.57. The molecule has 60 heavy (non-hydrogen) atoms. The van der Waals surface area contributed by atoms with E-state index < -0.39 is 66.6 Å². The summed E-state index contributed by atoms with van der Waals surface area (Å²) in [6.07, 6.45) is 3.80. The predicted molar refractivity (Wildman–Crippen MR) is 232 cm³/mol. The molecule has 0 bridgehead atoms. The summed E-state index contributed by atoms with van der Waals surface area (Å²) in [6, 6.07) is 12.4. The van der Waals surface area contributed by atoms with E-state index in [-0.39, 0.29) is 62.8 Å². The van der Waals surface area contributed by atoms with Crippen molar-refractivity contribution >= 4 is 5.97 Å². The van der Waals surface area contributed by atoms with Crippen LogP contribution in [0.2, 0.25) is 0 Å². The highest BCUT2D eigenvalue weighted by Crippen LogP contribution is 2.34. The molecule has 11 N–H and O–H groups in total. The van der Waals surface area contributed by atoms with Gasteiger partial charge in [0, 0.05) is 49.2 Å². The van der Waals surface area contributed by atoms with Gasteiger partial charge in [0.15, 0.2) is 0 Å². The standard InChI is InChI=1S/C48H70N2O10/c1-4-5-12-42(55)43(56)24-20-35-19-18-34-10-7-6-9-33(34)11-8-13-45(48(3,60)28-32-15-21-37(53)22-16-32)50-41(39(35)26-38(54)30-52)23-25-44(57)47-40(27-46(58)59)36(29-51)17-14-31(2)49-47/h6-7,9-10,15-16,20-22,24,31,36,38,40-45,47,49-57,60H,4-5,12-14,17-19,23,25-30H2,1-3H3,(H,58,59)/b24-20+,39-35+/t31-,36+,38-,40-,41-,42-,43+,44-,45+,47+,48-/m0/s1. The van der Waals surface area contributed by atoms with Gasteiger partial charge in [-0.25, -0.2) is 0 Å². The normalized spacial score (nSPS) is 27.2. The molecule has 12 heteroatoms. The first kappa shape index (κ1) is 49.0. The maximum absolute atomic E-state index is 12.4. The summed E-state index contributed by atoms with van der Waals surface area (Å²) in [5.74, 6) is 4.84. The van der Waals surface area contributed by atoms with Crippen molar-refractivity contribution in [2.75, 3.05) is 13.2 Å². The van der Waals surface area contributed by atoms with E-state index in [0.717, 1.165) is 35.1 Å². The summed E-state index contributed by atoms with van der Waals surface area (Å²) in [7, 11) is 0. The third kappa shape index (κ3) is 14.8. The molecule has 2 aliphatic heterocycles. The zero-order valence-electron chi connectivity index (χ0n) is 35.6. The van der Waals surface area contributed by atoms with Gasteiger partial charge in [-0.05, 0) is 118 Å². The molecule has 12 nitrogen and oxygen atoms in total. The van der Waals surface area contributed by atoms with Crippen molar-refractivity contribution in [2.24, 2.45) is 11.8 Å². The van der Waals surface area contributed by atoms with Crippen LogP contribution in [-0.2, 0) is 17.6 Å². The molecule has 332 valence electrons. The molecule has 0 saturated carbocycles. The van der Waals surface area contributed by atoms with Crippen molar-refractivity contribution in [2.45, 2.75) is 158 Å². The average molecular weight is 835 g/mol. The molecule has 0 aromatic heterocycles. The lowest BCUT2D eigenvalue weighted by molar-refractivity contribution is -0.139. The van der Waals surface area contributed by atoms with Crippen LogP contribution < -0.4 is 10.6 Å². The maximum atomic E-state index is 12.4. The lowest BCUT2D eigenvalue weighted by atomic mass is 9.78. The minimum Gasteiger partial charge on any atom is -0.508 e. The molecular weight excluding hydrogens is 765 g/mol. The zero-order valence-corrected chi connectivity index (χ0v) is 35.6. The van der Waals surface area contributed by atoms with Gasteiger partial charge >= 0.3 is 5.97 Å². The number of carboxylic acids is 1. The molecule has 2 heterocycles. The van der Waals surface area contributed by atoms with Gasteiger partial charge in [0.25, 0.3) is 0 Å². The number of carbonyl (C=O) groups is 1. The Labute approximate surface area is 356 Å². The molecule has 0 unspecified atom stereocenters. The topological polar surface area (TPSA) is 223 Å². The van der Waals surface area contributed by atoms with Crippen molar-refractivity contribution in [3.8, 4) is 17.6 Å². The SMILES string of the molecule is CCCC[C@H](O)[C@H](O)/C=C/C1=C(\C[C@H](O)CO)[C@H](CC[C@H](O)[C@@H]2N[C@@H](C)CC[C@H](CO)[C@@H]2CC(=O)O)N[C@@H]([C@@](C)(O)Cc2ccc(O)cc2)CC#Cc2ccccc2CC1. The number of unbranched alkanes of at least 4 members (excludes halogenated alkanes) is 1. The van der Waals surface area contributed by atoms with Crippen LogP contribution in [0.1, 0.15) is 108 Å². The van der Waals surface area contributed by atoms with E-state index in [4.69, 9.17) is 0 Å². The predicted octanol–water partition coefficient (Wildman–Crippen LogP) is 3.89. The number of aliphatic hydroxyl groups excluding tert-OH is 6. The smallest absolute Gasteiger partial charge is 0.303 e. The second kappa shape index (κ2) is 24.1. The highest BCUT2D eigenvalue weighted by atomic mass is 16.4. The van der Waals surface area contributed by atoms with Crippen molar-refractivity contribution in [1.82, 2.24) is 10.6 Å². The number of phenolic OH excluding ortho intramolecular Hbond substituents is 1. The fourth-order valence-electron chi connectivity index (χ4n) is 8.82. The van der Waals surface area contributed by atoms with Gasteiger partial charge < -0.3 is 56.6 Å². The van der Waals surface area contributed by atoms with E-state index in [1.54, 1.807) is 43.3 Å². The number of phenols is 1. The molecule has 0 radical (unpaired) electrons. The lowest BCUT2D eigenvalue weighted by Crippen LogP contribution is -2.55. The number of aliphatic carboxylic acids is 1. The maximum Gasteiger partial charge on any atom is 0.303 e. The Hall–Kier alpha value is -3.61. The Morgan fingerprint density at radius 3 is 2.42 bits per heavy atom. The first-order chi connectivity index (χ1) is 28.6. The van der Waals surface area contributed by atoms with E-state index in [1.807, 2.05) is 38.1 Å². The van der Waals surface area contributed by atoms with Gasteiger partial charge in [0.05, 0.1) is 43.0 Å². The second-order valence-corrected chi connectivity index (χ2v) is 17.3. The summed E-state index contributed by atoms with van der Waals surface area (Å²) in [6.45, 7) is 4.97. The first-order valence-corrected chi connectivity index (χ1v) is 21.8. The molecule has 2 aliphatic rings. The number of carboxylic acid groups (broad SMARTS) is 1. The number of fused-ring (bicyclic) bond motifs is 1. The fourth-order valence-corrected chi connectivity index (χ4v) is 8.82. The third-order valence-electron chi connectivity index (χ3n) is 12.4. The summed E-state index contributed by atoms with van der Waals surface area (Å²) < 4.78 is 0. The van der Waals surface area contributed by atoms with E-state index in [0.29, 0.717) is 37.7 Å².